The summed E-state index contributed by atoms with van der Waals surface area (Å²) in [5, 5.41) is 0. The highest BCUT2D eigenvalue weighted by atomic mass is 32.4. The van der Waals surface area contributed by atoms with Crippen molar-refractivity contribution < 1.29 is 18.2 Å². The summed E-state index contributed by atoms with van der Waals surface area (Å²) in [5.74, 6) is -0.885. The predicted octanol–water partition coefficient (Wildman–Crippen LogP) is 3.30. The van der Waals surface area contributed by atoms with Gasteiger partial charge in [-0.1, -0.05) is 25.1 Å². The third-order valence-corrected chi connectivity index (χ3v) is 6.30. The van der Waals surface area contributed by atoms with E-state index in [4.69, 9.17) is 31.3 Å². The molecule has 1 aliphatic heterocycles. The number of hydrogen-bond acceptors (Lipinski definition) is 9. The smallest absolute Gasteiger partial charge is 0.235 e. The van der Waals surface area contributed by atoms with E-state index in [0.717, 1.165) is 0 Å². The van der Waals surface area contributed by atoms with Crippen LogP contribution in [0.1, 0.15) is 19.6 Å². The summed E-state index contributed by atoms with van der Waals surface area (Å²) in [5.41, 5.74) is 6.92. The van der Waals surface area contributed by atoms with Gasteiger partial charge in [-0.05, 0) is 23.9 Å². The van der Waals surface area contributed by atoms with Crippen LogP contribution in [0.15, 0.2) is 36.7 Å². The van der Waals surface area contributed by atoms with E-state index in [0.29, 0.717) is 22.7 Å². The van der Waals surface area contributed by atoms with Gasteiger partial charge in [0.05, 0.1) is 6.33 Å². The highest BCUT2D eigenvalue weighted by Gasteiger charge is 2.47. The zero-order valence-corrected chi connectivity index (χ0v) is 19.2. The van der Waals surface area contributed by atoms with Gasteiger partial charge in [-0.2, -0.15) is 9.97 Å². The molecule has 1 fully saturated rings. The van der Waals surface area contributed by atoms with Crippen molar-refractivity contribution in [2.45, 2.75) is 25.4 Å². The Kier molecular flexibility index (Phi) is 6.11. The van der Waals surface area contributed by atoms with Gasteiger partial charge in [0.1, 0.15) is 18.6 Å². The van der Waals surface area contributed by atoms with Crippen molar-refractivity contribution in [3.63, 3.8) is 0 Å². The van der Waals surface area contributed by atoms with Crippen LogP contribution in [0.3, 0.4) is 0 Å². The minimum Gasteiger partial charge on any atom is -0.446 e. The van der Waals surface area contributed by atoms with Crippen LogP contribution in [0.2, 0.25) is 0 Å². The Bertz CT molecular complexity index is 1100. The van der Waals surface area contributed by atoms with E-state index in [2.05, 4.69) is 15.0 Å². The number of para-hydroxylation sites is 1. The summed E-state index contributed by atoms with van der Waals surface area (Å²) in [6.45, 7) is 1.58. The lowest BCUT2D eigenvalue weighted by Gasteiger charge is -2.22. The molecule has 4 atom stereocenters. The number of nitrogens with two attached hydrogens (primary N) is 1. The first kappa shape index (κ1) is 21.9. The molecule has 2 N–H and O–H groups in total. The minimum atomic E-state index is -2.11. The molecule has 12 heteroatoms. The Balaban J connectivity index is 1.49. The zero-order valence-electron chi connectivity index (χ0n) is 17.4. The molecule has 0 amide bonds. The van der Waals surface area contributed by atoms with Gasteiger partial charge in [0.2, 0.25) is 19.0 Å². The molecule has 1 saturated heterocycles. The molecule has 9 nitrogen and oxygen atoms in total. The third kappa shape index (κ3) is 4.64. The highest BCUT2D eigenvalue weighted by molar-refractivity contribution is 8.00. The number of ether oxygens (including phenoxy) is 1. The van der Waals surface area contributed by atoms with Crippen molar-refractivity contribution in [3.05, 3.63) is 36.7 Å². The molecule has 2 aromatic heterocycles. The van der Waals surface area contributed by atoms with Crippen LogP contribution in [0.25, 0.3) is 11.2 Å². The Morgan fingerprint density at radius 3 is 2.81 bits per heavy atom. The van der Waals surface area contributed by atoms with Crippen LogP contribution in [0, 0.1) is 5.92 Å². The molecular formula is C19H24FN6O3PS. The van der Waals surface area contributed by atoms with E-state index >= 15 is 4.39 Å². The molecule has 1 aliphatic rings. The topological polar surface area (TPSA) is 101 Å². The molecule has 0 aliphatic carbocycles. The average Bonchev–Trinajstić information content (AvgIpc) is 3.27. The molecule has 0 saturated carbocycles. The van der Waals surface area contributed by atoms with Crippen LogP contribution in [0.5, 0.6) is 5.75 Å². The van der Waals surface area contributed by atoms with Crippen LogP contribution in [-0.2, 0) is 21.1 Å². The number of imidazole rings is 1. The maximum atomic E-state index is 15.5. The Hall–Kier alpha value is -2.33. The Morgan fingerprint density at radius 1 is 1.35 bits per heavy atom. The fourth-order valence-electron chi connectivity index (χ4n) is 3.58. The first-order chi connectivity index (χ1) is 14.8. The lowest BCUT2D eigenvalue weighted by Crippen LogP contribution is -2.28. The molecule has 0 bridgehead atoms. The second kappa shape index (κ2) is 8.66. The predicted molar refractivity (Wildman–Crippen MR) is 121 cm³/mol. The zero-order chi connectivity index (χ0) is 22.2. The number of halogens is 1. The summed E-state index contributed by atoms with van der Waals surface area (Å²) in [6.07, 6.45) is 1.08. The Morgan fingerprint density at radius 2 is 2.10 bits per heavy atom. The number of rotatable bonds is 7. The van der Waals surface area contributed by atoms with Gasteiger partial charge in [-0.15, -0.1) is 0 Å². The van der Waals surface area contributed by atoms with Crippen LogP contribution in [-0.4, -0.2) is 46.1 Å². The number of alkyl halides is 1. The van der Waals surface area contributed by atoms with Gasteiger partial charge >= 0.3 is 0 Å². The lowest BCUT2D eigenvalue weighted by molar-refractivity contribution is -0.172. The van der Waals surface area contributed by atoms with Gasteiger partial charge in [0.15, 0.2) is 17.0 Å². The molecular weight excluding hydrogens is 442 g/mol. The molecule has 1 unspecified atom stereocenters. The summed E-state index contributed by atoms with van der Waals surface area (Å²) in [4.78, 5) is 14.7. The van der Waals surface area contributed by atoms with Crippen LogP contribution >= 0.6 is 7.15 Å². The van der Waals surface area contributed by atoms with Gasteiger partial charge in [0.25, 0.3) is 0 Å². The number of nitrogen functional groups attached to an aromatic ring is 1. The lowest BCUT2D eigenvalue weighted by atomic mass is 10.1. The highest BCUT2D eigenvalue weighted by Crippen LogP contribution is 2.44. The third-order valence-electron chi connectivity index (χ3n) is 4.91. The molecule has 0 radical (unpaired) electrons. The number of benzene rings is 1. The largest absolute Gasteiger partial charge is 0.446 e. The molecule has 3 heterocycles. The number of nitrogens with zero attached hydrogens (tertiary/aromatic N) is 5. The van der Waals surface area contributed by atoms with Crippen LogP contribution in [0.4, 0.5) is 16.2 Å². The maximum absolute atomic E-state index is 15.5. The van der Waals surface area contributed by atoms with E-state index in [1.165, 1.54) is 0 Å². The van der Waals surface area contributed by atoms with Gasteiger partial charge in [0, 0.05) is 26.4 Å². The standard InChI is InChI=1S/C19H24FN6O3PS/c1-12-9-19(20,10-27-30(31)29-13-7-5-4-6-8-13)28-17(12)26-11-22-14-15(25(2)3)23-18(21)24-16(14)26/h4-8,11-12,17,30H,9-10H2,1-3H3,(H2,21,23,24)/t12-,17+,19-/m0/s1. The fourth-order valence-corrected chi connectivity index (χ4v) is 4.77. The van der Waals surface area contributed by atoms with Gasteiger partial charge in [-0.3, -0.25) is 4.57 Å². The minimum absolute atomic E-state index is 0.106. The van der Waals surface area contributed by atoms with Gasteiger partial charge < -0.3 is 24.4 Å². The van der Waals surface area contributed by atoms with Crippen molar-refractivity contribution in [2.75, 3.05) is 31.3 Å². The number of aromatic nitrogens is 4. The van der Waals surface area contributed by atoms with Crippen molar-refractivity contribution in [2.24, 2.45) is 5.92 Å². The second-order valence-electron chi connectivity index (χ2n) is 7.65. The van der Waals surface area contributed by atoms with Crippen molar-refractivity contribution >= 4 is 41.9 Å². The average molecular weight is 466 g/mol. The van der Waals surface area contributed by atoms with Crippen molar-refractivity contribution in [1.29, 1.82) is 0 Å². The van der Waals surface area contributed by atoms with E-state index in [-0.39, 0.29) is 24.9 Å². The molecule has 3 aromatic rings. The van der Waals surface area contributed by atoms with Crippen molar-refractivity contribution in [3.8, 4) is 5.75 Å². The first-order valence-corrected chi connectivity index (χ1v) is 12.1. The fraction of sp³-hybridized carbons (Fsp3) is 0.421. The van der Waals surface area contributed by atoms with Gasteiger partial charge in [-0.25, -0.2) is 9.37 Å². The first-order valence-electron chi connectivity index (χ1n) is 9.69. The summed E-state index contributed by atoms with van der Waals surface area (Å²) < 4.78 is 34.0. The monoisotopic (exact) mass is 466 g/mol. The van der Waals surface area contributed by atoms with Crippen LogP contribution < -0.4 is 15.2 Å². The van der Waals surface area contributed by atoms with E-state index in [9.17, 15) is 0 Å². The molecule has 1 aromatic carbocycles. The second-order valence-corrected chi connectivity index (χ2v) is 9.64. The van der Waals surface area contributed by atoms with E-state index in [1.807, 2.05) is 39.2 Å². The molecule has 4 rings (SSSR count). The number of fused-ring (bicyclic) bond motifs is 1. The molecule has 0 spiro atoms. The summed E-state index contributed by atoms with van der Waals surface area (Å²) in [6, 6.07) is 9.07. The summed E-state index contributed by atoms with van der Waals surface area (Å²) in [7, 11) is 1.57. The molecule has 166 valence electrons. The SMILES string of the molecule is C[C@H]1C[C@@](F)(CO[PH](=S)Oc2ccccc2)O[C@H]1n1cnc2c(N(C)C)nc(N)nc21. The number of hydrogen-bond donors (Lipinski definition) is 1. The molecule has 31 heavy (non-hydrogen) atoms. The number of anilines is 2. The van der Waals surface area contributed by atoms with E-state index in [1.54, 1.807) is 27.9 Å². The Labute approximate surface area is 184 Å². The quantitative estimate of drug-likeness (QED) is 0.526. The normalized spacial score (nSPS) is 24.4. The maximum Gasteiger partial charge on any atom is 0.235 e. The summed E-state index contributed by atoms with van der Waals surface area (Å²) >= 11 is 5.24. The van der Waals surface area contributed by atoms with E-state index < -0.39 is 19.2 Å². The van der Waals surface area contributed by atoms with Crippen molar-refractivity contribution in [1.82, 2.24) is 19.5 Å².